The minimum Gasteiger partial charge on any atom is -0.349 e. The molecule has 1 aromatic heterocycles. The van der Waals surface area contributed by atoms with Gasteiger partial charge in [-0.05, 0) is 20.8 Å². The van der Waals surface area contributed by atoms with Crippen LogP contribution in [0.5, 0.6) is 0 Å². The van der Waals surface area contributed by atoms with Crippen molar-refractivity contribution in [3.8, 4) is 0 Å². The van der Waals surface area contributed by atoms with Crippen molar-refractivity contribution >= 4 is 22.6 Å². The summed E-state index contributed by atoms with van der Waals surface area (Å²) in [5, 5.41) is 2.62. The first-order chi connectivity index (χ1) is 8.79. The highest BCUT2D eigenvalue weighted by molar-refractivity contribution is 7.09. The average Bonchev–Trinajstić information content (AvgIpc) is 2.78. The molecule has 0 radical (unpaired) electrons. The Morgan fingerprint density at radius 2 is 2.00 bits per heavy atom. The molecule has 1 aromatic rings. The molecule has 0 fully saturated rings. The third-order valence-corrected chi connectivity index (χ3v) is 3.11. The van der Waals surface area contributed by atoms with Gasteiger partial charge in [0.2, 0.25) is 16.9 Å². The number of likely N-dealkylation sites (N-methyl/N-ethyl adjacent to an activating group) is 1. The first kappa shape index (κ1) is 15.7. The van der Waals surface area contributed by atoms with Crippen molar-refractivity contribution in [2.75, 3.05) is 18.4 Å². The Balaban J connectivity index is 2.69. The molecule has 19 heavy (non-hydrogen) atoms. The minimum absolute atomic E-state index is 0.0136. The van der Waals surface area contributed by atoms with Crippen molar-refractivity contribution in [1.82, 2.24) is 14.3 Å². The monoisotopic (exact) mass is 296 g/mol. The number of nitrogens with zero attached hydrogens (tertiary/aromatic N) is 3. The fourth-order valence-electron chi connectivity index (χ4n) is 1.45. The van der Waals surface area contributed by atoms with Crippen LogP contribution in [0.3, 0.4) is 0 Å². The van der Waals surface area contributed by atoms with E-state index in [1.165, 1.54) is 0 Å². The van der Waals surface area contributed by atoms with Gasteiger partial charge in [0.25, 0.3) is 0 Å². The van der Waals surface area contributed by atoms with Crippen molar-refractivity contribution in [2.45, 2.75) is 33.0 Å². The number of halogens is 3. The van der Waals surface area contributed by atoms with E-state index in [1.807, 2.05) is 13.8 Å². The van der Waals surface area contributed by atoms with Gasteiger partial charge in [0, 0.05) is 24.6 Å². The molecule has 1 unspecified atom stereocenters. The summed E-state index contributed by atoms with van der Waals surface area (Å²) in [5.41, 5.74) is 0. The first-order valence-electron chi connectivity index (χ1n) is 5.75. The highest BCUT2D eigenvalue weighted by Gasteiger charge is 2.36. The number of aromatic nitrogens is 2. The molecule has 1 N–H and O–H groups in total. The summed E-state index contributed by atoms with van der Waals surface area (Å²) in [5.74, 6) is -1.38. The van der Waals surface area contributed by atoms with Crippen LogP contribution in [0.1, 0.15) is 26.6 Å². The Bertz CT molecular complexity index is 431. The number of anilines is 1. The highest BCUT2D eigenvalue weighted by Crippen LogP contribution is 2.29. The molecule has 0 spiro atoms. The van der Waals surface area contributed by atoms with E-state index in [2.05, 4.69) is 14.7 Å². The smallest absolute Gasteiger partial charge is 0.349 e. The second-order valence-corrected chi connectivity index (χ2v) is 4.55. The number of hydrogen-bond donors (Lipinski definition) is 1. The molecule has 108 valence electrons. The maximum absolute atomic E-state index is 12.3. The lowest BCUT2D eigenvalue weighted by Crippen LogP contribution is -2.41. The van der Waals surface area contributed by atoms with Gasteiger partial charge in [-0.25, -0.2) is 0 Å². The lowest BCUT2D eigenvalue weighted by atomic mass is 10.3. The SMILES string of the molecule is CCN(CC)C(=O)C(C)Nc1nc(C(F)(F)F)ns1. The zero-order valence-corrected chi connectivity index (χ0v) is 11.6. The van der Waals surface area contributed by atoms with E-state index in [4.69, 9.17) is 0 Å². The van der Waals surface area contributed by atoms with Gasteiger partial charge in [0.15, 0.2) is 0 Å². The van der Waals surface area contributed by atoms with Gasteiger partial charge in [-0.15, -0.1) is 0 Å². The Morgan fingerprint density at radius 3 is 2.42 bits per heavy atom. The van der Waals surface area contributed by atoms with Crippen molar-refractivity contribution in [3.05, 3.63) is 5.82 Å². The fraction of sp³-hybridized carbons (Fsp3) is 0.700. The van der Waals surface area contributed by atoms with E-state index in [1.54, 1.807) is 11.8 Å². The molecule has 0 saturated carbocycles. The van der Waals surface area contributed by atoms with Gasteiger partial charge >= 0.3 is 6.18 Å². The Labute approximate surface area is 113 Å². The molecular formula is C10H15F3N4OS. The van der Waals surface area contributed by atoms with Crippen LogP contribution in [-0.4, -0.2) is 39.3 Å². The maximum Gasteiger partial charge on any atom is 0.452 e. The van der Waals surface area contributed by atoms with Crippen LogP contribution >= 0.6 is 11.5 Å². The largest absolute Gasteiger partial charge is 0.452 e. The van der Waals surface area contributed by atoms with E-state index < -0.39 is 18.0 Å². The van der Waals surface area contributed by atoms with E-state index in [0.29, 0.717) is 24.6 Å². The van der Waals surface area contributed by atoms with Crippen molar-refractivity contribution in [1.29, 1.82) is 0 Å². The molecule has 0 aliphatic rings. The van der Waals surface area contributed by atoms with Crippen LogP contribution in [0.2, 0.25) is 0 Å². The van der Waals surface area contributed by atoms with Gasteiger partial charge < -0.3 is 10.2 Å². The lowest BCUT2D eigenvalue weighted by Gasteiger charge is -2.23. The van der Waals surface area contributed by atoms with Crippen molar-refractivity contribution < 1.29 is 18.0 Å². The van der Waals surface area contributed by atoms with Crippen LogP contribution in [0.15, 0.2) is 0 Å². The quantitative estimate of drug-likeness (QED) is 0.905. The summed E-state index contributed by atoms with van der Waals surface area (Å²) >= 11 is 0.586. The number of carbonyl (C=O) groups is 1. The molecule has 9 heteroatoms. The summed E-state index contributed by atoms with van der Waals surface area (Å²) in [7, 11) is 0. The Morgan fingerprint density at radius 1 is 1.42 bits per heavy atom. The molecule has 0 aliphatic heterocycles. The van der Waals surface area contributed by atoms with Crippen LogP contribution in [0.4, 0.5) is 18.3 Å². The summed E-state index contributed by atoms with van der Waals surface area (Å²) in [6, 6.07) is -0.645. The second-order valence-electron chi connectivity index (χ2n) is 3.80. The summed E-state index contributed by atoms with van der Waals surface area (Å²) in [6.45, 7) is 6.34. The third-order valence-electron chi connectivity index (χ3n) is 2.47. The average molecular weight is 296 g/mol. The van der Waals surface area contributed by atoms with Crippen molar-refractivity contribution in [2.24, 2.45) is 0 Å². The molecule has 5 nitrogen and oxygen atoms in total. The predicted molar refractivity (Wildman–Crippen MR) is 65.9 cm³/mol. The Hall–Kier alpha value is -1.38. The number of alkyl halides is 3. The Kier molecular flexibility index (Phi) is 5.10. The second kappa shape index (κ2) is 6.18. The molecule has 0 bridgehead atoms. The van der Waals surface area contributed by atoms with Gasteiger partial charge in [-0.2, -0.15) is 22.5 Å². The molecule has 0 aliphatic carbocycles. The van der Waals surface area contributed by atoms with Crippen LogP contribution in [-0.2, 0) is 11.0 Å². The van der Waals surface area contributed by atoms with E-state index in [0.717, 1.165) is 0 Å². The minimum atomic E-state index is -4.57. The molecule has 1 rings (SSSR count). The third kappa shape index (κ3) is 4.05. The van der Waals surface area contributed by atoms with E-state index >= 15 is 0 Å². The van der Waals surface area contributed by atoms with E-state index in [-0.39, 0.29) is 11.0 Å². The van der Waals surface area contributed by atoms with Gasteiger partial charge in [-0.1, -0.05) is 0 Å². The fourth-order valence-corrected chi connectivity index (χ4v) is 2.13. The molecule has 1 atom stereocenters. The standard InChI is InChI=1S/C10H15F3N4OS/c1-4-17(5-2)7(18)6(3)14-9-15-8(16-19-9)10(11,12)13/h6H,4-5H2,1-3H3,(H,14,15,16). The molecule has 0 aromatic carbocycles. The number of hydrogen-bond acceptors (Lipinski definition) is 5. The van der Waals surface area contributed by atoms with Gasteiger partial charge in [-0.3, -0.25) is 4.79 Å². The lowest BCUT2D eigenvalue weighted by molar-refractivity contribution is -0.144. The molecule has 1 amide bonds. The summed E-state index contributed by atoms with van der Waals surface area (Å²) < 4.78 is 40.1. The van der Waals surface area contributed by atoms with Gasteiger partial charge in [0.1, 0.15) is 6.04 Å². The van der Waals surface area contributed by atoms with Crippen LogP contribution in [0, 0.1) is 0 Å². The number of nitrogens with one attached hydrogen (secondary N) is 1. The van der Waals surface area contributed by atoms with Gasteiger partial charge in [0.05, 0.1) is 0 Å². The van der Waals surface area contributed by atoms with Crippen LogP contribution < -0.4 is 5.32 Å². The molecular weight excluding hydrogens is 281 g/mol. The zero-order chi connectivity index (χ0) is 14.6. The predicted octanol–water partition coefficient (Wildman–Crippen LogP) is 2.23. The molecule has 1 heterocycles. The summed E-state index contributed by atoms with van der Waals surface area (Å²) in [4.78, 5) is 16.8. The number of amides is 1. The van der Waals surface area contributed by atoms with Crippen LogP contribution in [0.25, 0.3) is 0 Å². The first-order valence-corrected chi connectivity index (χ1v) is 6.53. The summed E-state index contributed by atoms with van der Waals surface area (Å²) in [6.07, 6.45) is -4.57. The van der Waals surface area contributed by atoms with Crippen molar-refractivity contribution in [3.63, 3.8) is 0 Å². The normalized spacial score (nSPS) is 13.2. The number of carbonyl (C=O) groups excluding carboxylic acids is 1. The highest BCUT2D eigenvalue weighted by atomic mass is 32.1. The zero-order valence-electron chi connectivity index (χ0n) is 10.8. The topological polar surface area (TPSA) is 58.1 Å². The number of rotatable bonds is 5. The van der Waals surface area contributed by atoms with E-state index in [9.17, 15) is 18.0 Å². The molecule has 0 saturated heterocycles. The maximum atomic E-state index is 12.3.